The SMILES string of the molecule is c1ccc2cc(-c3c4ccccc4c(-c4ccc(-c5ccc6oc7c8ccccc8c8ccccc8c7c6c5)c5ccccc45)c4ccccc34)ccc2c1. The second kappa shape index (κ2) is 11.6. The van der Waals surface area contributed by atoms with Gasteiger partial charge in [0.15, 0.2) is 0 Å². The fraction of sp³-hybridized carbons (Fsp3) is 0. The number of hydrogen-bond donors (Lipinski definition) is 0. The predicted molar refractivity (Wildman–Crippen MR) is 235 cm³/mol. The number of hydrogen-bond acceptors (Lipinski definition) is 1. The van der Waals surface area contributed by atoms with Crippen molar-refractivity contribution in [2.45, 2.75) is 0 Å². The Morgan fingerprint density at radius 2 is 0.764 bits per heavy atom. The van der Waals surface area contributed by atoms with E-state index in [4.69, 9.17) is 4.42 Å². The summed E-state index contributed by atoms with van der Waals surface area (Å²) in [6.07, 6.45) is 0. The van der Waals surface area contributed by atoms with Crippen molar-refractivity contribution < 1.29 is 4.42 Å². The van der Waals surface area contributed by atoms with E-state index in [1.54, 1.807) is 0 Å². The van der Waals surface area contributed by atoms with Crippen LogP contribution in [0.15, 0.2) is 199 Å². The van der Waals surface area contributed by atoms with E-state index < -0.39 is 0 Å². The van der Waals surface area contributed by atoms with Gasteiger partial charge in [0.05, 0.1) is 0 Å². The average Bonchev–Trinajstić information content (AvgIpc) is 3.65. The van der Waals surface area contributed by atoms with Crippen LogP contribution in [0.25, 0.3) is 120 Å². The molecule has 1 heteroatoms. The zero-order valence-corrected chi connectivity index (χ0v) is 29.9. The minimum Gasteiger partial charge on any atom is -0.455 e. The first kappa shape index (κ1) is 30.3. The molecule has 1 nitrogen and oxygen atoms in total. The van der Waals surface area contributed by atoms with Gasteiger partial charge in [-0.2, -0.15) is 0 Å². The molecule has 0 N–H and O–H groups in total. The Morgan fingerprint density at radius 1 is 0.273 bits per heavy atom. The molecule has 12 aromatic rings. The molecule has 0 fully saturated rings. The zero-order chi connectivity index (χ0) is 36.0. The van der Waals surface area contributed by atoms with Gasteiger partial charge in [-0.1, -0.05) is 176 Å². The van der Waals surface area contributed by atoms with Gasteiger partial charge < -0.3 is 4.42 Å². The monoisotopic (exact) mass is 696 g/mol. The van der Waals surface area contributed by atoms with Gasteiger partial charge in [-0.25, -0.2) is 0 Å². The molecule has 0 aliphatic heterocycles. The van der Waals surface area contributed by atoms with Crippen LogP contribution in [0.2, 0.25) is 0 Å². The van der Waals surface area contributed by atoms with Gasteiger partial charge in [-0.15, -0.1) is 0 Å². The summed E-state index contributed by atoms with van der Waals surface area (Å²) in [7, 11) is 0. The van der Waals surface area contributed by atoms with Gasteiger partial charge in [0, 0.05) is 16.2 Å². The smallest absolute Gasteiger partial charge is 0.143 e. The highest BCUT2D eigenvalue weighted by atomic mass is 16.3. The van der Waals surface area contributed by atoms with Crippen LogP contribution < -0.4 is 0 Å². The van der Waals surface area contributed by atoms with E-state index in [2.05, 4.69) is 194 Å². The molecule has 0 radical (unpaired) electrons. The third-order valence-corrected chi connectivity index (χ3v) is 11.8. The average molecular weight is 697 g/mol. The molecule has 254 valence electrons. The van der Waals surface area contributed by atoms with Gasteiger partial charge in [0.25, 0.3) is 0 Å². The molecule has 1 heterocycles. The molecule has 12 rings (SSSR count). The highest BCUT2D eigenvalue weighted by Gasteiger charge is 2.20. The van der Waals surface area contributed by atoms with Crippen LogP contribution in [0.5, 0.6) is 0 Å². The minimum absolute atomic E-state index is 0.908. The Kier molecular flexibility index (Phi) is 6.40. The zero-order valence-electron chi connectivity index (χ0n) is 29.9. The van der Waals surface area contributed by atoms with Crippen LogP contribution in [0.1, 0.15) is 0 Å². The fourth-order valence-corrected chi connectivity index (χ4v) is 9.42. The van der Waals surface area contributed by atoms with Crippen LogP contribution in [-0.4, -0.2) is 0 Å². The first-order valence-corrected chi connectivity index (χ1v) is 19.0. The van der Waals surface area contributed by atoms with Gasteiger partial charge in [0.2, 0.25) is 0 Å². The molecule has 0 unspecified atom stereocenters. The lowest BCUT2D eigenvalue weighted by atomic mass is 9.83. The van der Waals surface area contributed by atoms with Crippen molar-refractivity contribution in [3.8, 4) is 33.4 Å². The summed E-state index contributed by atoms with van der Waals surface area (Å²) in [4.78, 5) is 0. The fourth-order valence-electron chi connectivity index (χ4n) is 9.42. The highest BCUT2D eigenvalue weighted by Crippen LogP contribution is 2.48. The summed E-state index contributed by atoms with van der Waals surface area (Å²) in [6, 6.07) is 71.0. The van der Waals surface area contributed by atoms with Crippen molar-refractivity contribution in [1.82, 2.24) is 0 Å². The van der Waals surface area contributed by atoms with Crippen molar-refractivity contribution in [3.63, 3.8) is 0 Å². The second-order valence-corrected chi connectivity index (χ2v) is 14.7. The minimum atomic E-state index is 0.908. The Balaban J connectivity index is 1.11. The molecule has 0 aliphatic carbocycles. The largest absolute Gasteiger partial charge is 0.455 e. The maximum Gasteiger partial charge on any atom is 0.143 e. The van der Waals surface area contributed by atoms with E-state index in [1.165, 1.54) is 98.0 Å². The lowest BCUT2D eigenvalue weighted by molar-refractivity contribution is 0.673. The standard InChI is InChI=1S/C54H32O/c1-2-14-34-31-36(26-25-33(34)13-1)51-43-20-8-10-22-45(43)52(46-23-11-9-21-44(46)51)47-29-28-37(38-15-3-4-16-39(38)47)35-27-30-50-49(32-35)53-42-19-7-5-17-40(42)41-18-6-12-24-48(41)54(53)55-50/h1-32H. The Morgan fingerprint density at radius 3 is 1.45 bits per heavy atom. The molecule has 0 saturated heterocycles. The molecule has 0 aliphatic rings. The highest BCUT2D eigenvalue weighted by molar-refractivity contribution is 6.31. The summed E-state index contributed by atoms with van der Waals surface area (Å²) >= 11 is 0. The normalized spacial score (nSPS) is 12.0. The molecule has 11 aromatic carbocycles. The Hall–Kier alpha value is -7.22. The maximum atomic E-state index is 6.67. The van der Waals surface area contributed by atoms with E-state index >= 15 is 0 Å². The van der Waals surface area contributed by atoms with Gasteiger partial charge >= 0.3 is 0 Å². The van der Waals surface area contributed by atoms with Crippen LogP contribution in [0, 0.1) is 0 Å². The van der Waals surface area contributed by atoms with Crippen molar-refractivity contribution in [2.24, 2.45) is 0 Å². The van der Waals surface area contributed by atoms with Crippen LogP contribution >= 0.6 is 0 Å². The van der Waals surface area contributed by atoms with E-state index in [0.717, 1.165) is 21.9 Å². The summed E-state index contributed by atoms with van der Waals surface area (Å²) in [5.41, 5.74) is 9.28. The molecule has 1 aromatic heterocycles. The van der Waals surface area contributed by atoms with Crippen molar-refractivity contribution in [1.29, 1.82) is 0 Å². The molecule has 0 spiro atoms. The Labute approximate surface area is 317 Å². The van der Waals surface area contributed by atoms with E-state index in [0.29, 0.717) is 0 Å². The molecular weight excluding hydrogens is 665 g/mol. The topological polar surface area (TPSA) is 13.1 Å². The van der Waals surface area contributed by atoms with Crippen LogP contribution in [-0.2, 0) is 0 Å². The van der Waals surface area contributed by atoms with Crippen LogP contribution in [0.4, 0.5) is 0 Å². The number of fused-ring (bicyclic) bond motifs is 12. The van der Waals surface area contributed by atoms with Crippen molar-refractivity contribution in [3.05, 3.63) is 194 Å². The number of furan rings is 1. The quantitative estimate of drug-likeness (QED) is 0.132. The van der Waals surface area contributed by atoms with Crippen LogP contribution in [0.3, 0.4) is 0 Å². The summed E-state index contributed by atoms with van der Waals surface area (Å²) in [6.45, 7) is 0. The van der Waals surface area contributed by atoms with E-state index in [9.17, 15) is 0 Å². The first-order valence-electron chi connectivity index (χ1n) is 19.0. The third-order valence-electron chi connectivity index (χ3n) is 11.8. The second-order valence-electron chi connectivity index (χ2n) is 14.7. The molecular formula is C54H32O. The molecule has 0 amide bonds. The number of rotatable bonds is 3. The molecule has 0 saturated carbocycles. The summed E-state index contributed by atoms with van der Waals surface area (Å²) in [5.74, 6) is 0. The predicted octanol–water partition coefficient (Wildman–Crippen LogP) is 15.5. The Bertz CT molecular complexity index is 3490. The molecule has 55 heavy (non-hydrogen) atoms. The van der Waals surface area contributed by atoms with Crippen molar-refractivity contribution in [2.75, 3.05) is 0 Å². The molecule has 0 bridgehead atoms. The maximum absolute atomic E-state index is 6.67. The van der Waals surface area contributed by atoms with E-state index in [1.807, 2.05) is 0 Å². The lowest BCUT2D eigenvalue weighted by Crippen LogP contribution is -1.92. The summed E-state index contributed by atoms with van der Waals surface area (Å²) < 4.78 is 6.67. The first-order chi connectivity index (χ1) is 27.3. The van der Waals surface area contributed by atoms with Gasteiger partial charge in [-0.3, -0.25) is 0 Å². The van der Waals surface area contributed by atoms with Crippen molar-refractivity contribution >= 4 is 86.6 Å². The molecule has 0 atom stereocenters. The van der Waals surface area contributed by atoms with E-state index in [-0.39, 0.29) is 0 Å². The number of benzene rings is 11. The van der Waals surface area contributed by atoms with Gasteiger partial charge in [0.1, 0.15) is 11.2 Å². The summed E-state index contributed by atoms with van der Waals surface area (Å²) in [5, 5.41) is 17.2. The lowest BCUT2D eigenvalue weighted by Gasteiger charge is -2.20. The van der Waals surface area contributed by atoms with Gasteiger partial charge in [-0.05, 0) is 111 Å². The third kappa shape index (κ3) is 4.41.